The Morgan fingerprint density at radius 3 is 2.39 bits per heavy atom. The Morgan fingerprint density at radius 1 is 0.957 bits per heavy atom. The Balaban J connectivity index is 2.07. The number of hydrogen-bond donors (Lipinski definition) is 1. The Morgan fingerprint density at radius 2 is 1.70 bits per heavy atom. The van der Waals surface area contributed by atoms with Crippen LogP contribution in [-0.4, -0.2) is 27.9 Å². The summed E-state index contributed by atoms with van der Waals surface area (Å²) in [4.78, 5) is 0. The summed E-state index contributed by atoms with van der Waals surface area (Å²) in [5.74, 6) is 2.35. The van der Waals surface area contributed by atoms with Crippen molar-refractivity contribution in [3.8, 4) is 17.2 Å². The van der Waals surface area contributed by atoms with Crippen molar-refractivity contribution in [3.63, 3.8) is 0 Å². The highest BCUT2D eigenvalue weighted by Crippen LogP contribution is 2.40. The molecule has 1 heterocycles. The molecule has 0 saturated heterocycles. The first-order chi connectivity index (χ1) is 11.2. The first kappa shape index (κ1) is 16.1. The van der Waals surface area contributed by atoms with Gasteiger partial charge in [-0.3, -0.25) is 0 Å². The van der Waals surface area contributed by atoms with Crippen molar-refractivity contribution in [2.45, 2.75) is 12.5 Å². The van der Waals surface area contributed by atoms with Crippen molar-refractivity contribution in [3.05, 3.63) is 51.5 Å². The summed E-state index contributed by atoms with van der Waals surface area (Å²) in [5, 5.41) is 3.59. The average molecular weight is 378 g/mol. The minimum Gasteiger partial charge on any atom is -0.497 e. The normalized spacial score (nSPS) is 16.6. The van der Waals surface area contributed by atoms with Gasteiger partial charge in [-0.1, -0.05) is 22.0 Å². The molecule has 5 heteroatoms. The molecule has 0 aliphatic carbocycles. The molecule has 0 saturated carbocycles. The van der Waals surface area contributed by atoms with Gasteiger partial charge in [0.25, 0.3) is 0 Å². The summed E-state index contributed by atoms with van der Waals surface area (Å²) in [6.07, 6.45) is 0.994. The van der Waals surface area contributed by atoms with Gasteiger partial charge in [0.15, 0.2) is 11.5 Å². The van der Waals surface area contributed by atoms with Crippen LogP contribution in [0.15, 0.2) is 34.8 Å². The van der Waals surface area contributed by atoms with Crippen LogP contribution in [-0.2, 0) is 6.42 Å². The Kier molecular flexibility index (Phi) is 4.78. The highest BCUT2D eigenvalue weighted by atomic mass is 79.9. The van der Waals surface area contributed by atoms with E-state index in [1.807, 2.05) is 18.2 Å². The summed E-state index contributed by atoms with van der Waals surface area (Å²) in [6, 6.07) is 10.4. The van der Waals surface area contributed by atoms with Gasteiger partial charge in [-0.25, -0.2) is 0 Å². The molecule has 1 unspecified atom stereocenters. The highest BCUT2D eigenvalue weighted by molar-refractivity contribution is 9.10. The maximum Gasteiger partial charge on any atom is 0.161 e. The molecule has 2 aromatic carbocycles. The lowest BCUT2D eigenvalue weighted by Gasteiger charge is -2.29. The maximum atomic E-state index is 5.45. The van der Waals surface area contributed by atoms with Crippen molar-refractivity contribution in [2.75, 3.05) is 27.9 Å². The minimum absolute atomic E-state index is 0.110. The van der Waals surface area contributed by atoms with E-state index >= 15 is 0 Å². The fraction of sp³-hybridized carbons (Fsp3) is 0.333. The maximum absolute atomic E-state index is 5.45. The smallest absolute Gasteiger partial charge is 0.161 e. The van der Waals surface area contributed by atoms with Crippen LogP contribution in [0.25, 0.3) is 0 Å². The summed E-state index contributed by atoms with van der Waals surface area (Å²) in [5.41, 5.74) is 3.72. The van der Waals surface area contributed by atoms with Gasteiger partial charge in [0, 0.05) is 11.0 Å². The molecule has 122 valence electrons. The fourth-order valence-corrected chi connectivity index (χ4v) is 3.59. The quantitative estimate of drug-likeness (QED) is 0.881. The van der Waals surface area contributed by atoms with Crippen LogP contribution in [0, 0.1) is 0 Å². The van der Waals surface area contributed by atoms with Gasteiger partial charge in [0.1, 0.15) is 5.75 Å². The number of fused-ring (bicyclic) bond motifs is 1. The van der Waals surface area contributed by atoms with E-state index in [1.54, 1.807) is 21.3 Å². The number of nitrogens with one attached hydrogen (secondary N) is 1. The van der Waals surface area contributed by atoms with Crippen LogP contribution < -0.4 is 19.5 Å². The number of benzene rings is 2. The summed E-state index contributed by atoms with van der Waals surface area (Å²) >= 11 is 3.67. The van der Waals surface area contributed by atoms with Crippen LogP contribution in [0.4, 0.5) is 0 Å². The lowest BCUT2D eigenvalue weighted by atomic mass is 9.89. The molecule has 0 aromatic heterocycles. The molecular formula is C18H20BrNO3. The third kappa shape index (κ3) is 3.03. The third-order valence-corrected chi connectivity index (χ3v) is 4.90. The fourth-order valence-electron chi connectivity index (χ4n) is 3.04. The molecular weight excluding hydrogens is 358 g/mol. The van der Waals surface area contributed by atoms with Crippen molar-refractivity contribution in [1.82, 2.24) is 5.32 Å². The van der Waals surface area contributed by atoms with Crippen LogP contribution in [0.5, 0.6) is 17.2 Å². The van der Waals surface area contributed by atoms with Gasteiger partial charge in [0.05, 0.1) is 27.4 Å². The van der Waals surface area contributed by atoms with E-state index in [2.05, 4.69) is 33.4 Å². The zero-order valence-electron chi connectivity index (χ0n) is 13.5. The largest absolute Gasteiger partial charge is 0.497 e. The van der Waals surface area contributed by atoms with Gasteiger partial charge in [-0.2, -0.15) is 0 Å². The summed E-state index contributed by atoms with van der Waals surface area (Å²) in [7, 11) is 5.00. The zero-order chi connectivity index (χ0) is 16.4. The predicted molar refractivity (Wildman–Crippen MR) is 93.8 cm³/mol. The molecule has 4 nitrogen and oxygen atoms in total. The Bertz CT molecular complexity index is 718. The topological polar surface area (TPSA) is 39.7 Å². The molecule has 0 radical (unpaired) electrons. The van der Waals surface area contributed by atoms with Gasteiger partial charge >= 0.3 is 0 Å². The van der Waals surface area contributed by atoms with Gasteiger partial charge < -0.3 is 19.5 Å². The Hall–Kier alpha value is -1.72. The summed E-state index contributed by atoms with van der Waals surface area (Å²) < 4.78 is 17.2. The van der Waals surface area contributed by atoms with Gasteiger partial charge in [-0.05, 0) is 47.4 Å². The third-order valence-electron chi connectivity index (χ3n) is 4.22. The van der Waals surface area contributed by atoms with Crippen LogP contribution in [0.2, 0.25) is 0 Å². The molecule has 1 atom stereocenters. The van der Waals surface area contributed by atoms with Crippen LogP contribution in [0.1, 0.15) is 22.7 Å². The van der Waals surface area contributed by atoms with Gasteiger partial charge in [0.2, 0.25) is 0 Å². The van der Waals surface area contributed by atoms with Crippen LogP contribution in [0.3, 0.4) is 0 Å². The van der Waals surface area contributed by atoms with Crippen molar-refractivity contribution in [2.24, 2.45) is 0 Å². The van der Waals surface area contributed by atoms with E-state index in [-0.39, 0.29) is 6.04 Å². The average Bonchev–Trinajstić information content (AvgIpc) is 2.60. The molecule has 3 rings (SSSR count). The number of ether oxygens (including phenoxy) is 3. The zero-order valence-corrected chi connectivity index (χ0v) is 15.1. The molecule has 1 aliphatic rings. The first-order valence-corrected chi connectivity index (χ1v) is 8.28. The number of halogens is 1. The number of hydrogen-bond acceptors (Lipinski definition) is 4. The van der Waals surface area contributed by atoms with Gasteiger partial charge in [-0.15, -0.1) is 0 Å². The molecule has 23 heavy (non-hydrogen) atoms. The molecule has 0 spiro atoms. The van der Waals surface area contributed by atoms with E-state index in [1.165, 1.54) is 11.1 Å². The second-order valence-electron chi connectivity index (χ2n) is 5.43. The first-order valence-electron chi connectivity index (χ1n) is 7.49. The SMILES string of the molecule is COc1ccc2c(c1)CCNC2c1cc(OC)c(OC)cc1Br. The van der Waals surface area contributed by atoms with Crippen molar-refractivity contribution >= 4 is 15.9 Å². The van der Waals surface area contributed by atoms with Crippen LogP contribution >= 0.6 is 15.9 Å². The second-order valence-corrected chi connectivity index (χ2v) is 6.28. The lowest BCUT2D eigenvalue weighted by Crippen LogP contribution is -2.30. The standard InChI is InChI=1S/C18H20BrNO3/c1-21-12-4-5-13-11(8-12)6-7-20-18(13)14-9-16(22-2)17(23-3)10-15(14)19/h4-5,8-10,18,20H,6-7H2,1-3H3. The number of methoxy groups -OCH3 is 3. The molecule has 0 amide bonds. The van der Waals surface area contributed by atoms with E-state index in [9.17, 15) is 0 Å². The summed E-state index contributed by atoms with van der Waals surface area (Å²) in [6.45, 7) is 0.922. The van der Waals surface area contributed by atoms with E-state index < -0.39 is 0 Å². The molecule has 0 fully saturated rings. The highest BCUT2D eigenvalue weighted by Gasteiger charge is 2.25. The van der Waals surface area contributed by atoms with E-state index in [0.717, 1.165) is 34.5 Å². The second kappa shape index (κ2) is 6.81. The molecule has 0 bridgehead atoms. The van der Waals surface area contributed by atoms with Crippen molar-refractivity contribution < 1.29 is 14.2 Å². The lowest BCUT2D eigenvalue weighted by molar-refractivity contribution is 0.353. The van der Waals surface area contributed by atoms with E-state index in [4.69, 9.17) is 14.2 Å². The van der Waals surface area contributed by atoms with E-state index in [0.29, 0.717) is 5.75 Å². The molecule has 1 N–H and O–H groups in total. The monoisotopic (exact) mass is 377 g/mol. The molecule has 2 aromatic rings. The predicted octanol–water partition coefficient (Wildman–Crippen LogP) is 3.71. The Labute approximate surface area is 144 Å². The minimum atomic E-state index is 0.110. The number of rotatable bonds is 4. The van der Waals surface area contributed by atoms with Crippen molar-refractivity contribution in [1.29, 1.82) is 0 Å². The molecule has 1 aliphatic heterocycles.